The van der Waals surface area contributed by atoms with Gasteiger partial charge in [0.1, 0.15) is 0 Å². The van der Waals surface area contributed by atoms with Crippen LogP contribution in [0.2, 0.25) is 5.02 Å². The van der Waals surface area contributed by atoms with Crippen molar-refractivity contribution < 1.29 is 9.32 Å². The summed E-state index contributed by atoms with van der Waals surface area (Å²) in [7, 11) is 0. The Bertz CT molecular complexity index is 623. The highest BCUT2D eigenvalue weighted by molar-refractivity contribution is 6.33. The highest BCUT2D eigenvalue weighted by atomic mass is 35.5. The van der Waals surface area contributed by atoms with Crippen LogP contribution in [0.4, 0.5) is 0 Å². The van der Waals surface area contributed by atoms with Crippen molar-refractivity contribution in [2.24, 2.45) is 5.92 Å². The monoisotopic (exact) mass is 321 g/mol. The highest BCUT2D eigenvalue weighted by Crippen LogP contribution is 2.24. The molecular formula is C16H20ClN3O2. The molecule has 1 N–H and O–H groups in total. The minimum Gasteiger partial charge on any atom is -0.355 e. The van der Waals surface area contributed by atoms with Gasteiger partial charge in [-0.25, -0.2) is 0 Å². The molecule has 0 bridgehead atoms. The Kier molecular flexibility index (Phi) is 5.95. The average molecular weight is 322 g/mol. The van der Waals surface area contributed by atoms with Gasteiger partial charge in [0.05, 0.1) is 5.02 Å². The van der Waals surface area contributed by atoms with E-state index in [1.807, 2.05) is 32.0 Å². The van der Waals surface area contributed by atoms with Crippen molar-refractivity contribution in [1.29, 1.82) is 0 Å². The summed E-state index contributed by atoms with van der Waals surface area (Å²) in [5, 5.41) is 7.41. The molecule has 1 aromatic heterocycles. The molecule has 0 saturated carbocycles. The van der Waals surface area contributed by atoms with Crippen LogP contribution < -0.4 is 5.32 Å². The Hall–Kier alpha value is -1.88. The van der Waals surface area contributed by atoms with Gasteiger partial charge in [-0.3, -0.25) is 4.79 Å². The Balaban J connectivity index is 1.91. The second-order valence-electron chi connectivity index (χ2n) is 5.05. The minimum atomic E-state index is 0.0707. The second kappa shape index (κ2) is 7.94. The Morgan fingerprint density at radius 1 is 1.32 bits per heavy atom. The lowest BCUT2D eigenvalue weighted by Gasteiger charge is -2.11. The second-order valence-corrected chi connectivity index (χ2v) is 5.45. The first-order valence-corrected chi connectivity index (χ1v) is 7.88. The molecule has 1 amide bonds. The van der Waals surface area contributed by atoms with E-state index < -0.39 is 0 Å². The predicted molar refractivity (Wildman–Crippen MR) is 85.5 cm³/mol. The van der Waals surface area contributed by atoms with Crippen molar-refractivity contribution in [1.82, 2.24) is 15.5 Å². The molecule has 2 rings (SSSR count). The molecule has 0 aliphatic carbocycles. The number of amides is 1. The lowest BCUT2D eigenvalue weighted by Crippen LogP contribution is -2.31. The zero-order chi connectivity index (χ0) is 15.9. The third-order valence-electron chi connectivity index (χ3n) is 3.58. The molecular weight excluding hydrogens is 302 g/mol. The smallest absolute Gasteiger partial charge is 0.228 e. The number of halogens is 1. The van der Waals surface area contributed by atoms with Gasteiger partial charge in [-0.05, 0) is 25.0 Å². The van der Waals surface area contributed by atoms with E-state index in [0.29, 0.717) is 29.7 Å². The molecule has 0 saturated heterocycles. The van der Waals surface area contributed by atoms with Crippen molar-refractivity contribution in [2.45, 2.75) is 33.1 Å². The Morgan fingerprint density at radius 3 is 2.73 bits per heavy atom. The van der Waals surface area contributed by atoms with Crippen LogP contribution in [0.25, 0.3) is 11.4 Å². The zero-order valence-corrected chi connectivity index (χ0v) is 13.6. The van der Waals surface area contributed by atoms with E-state index in [0.717, 1.165) is 18.4 Å². The molecule has 0 fully saturated rings. The van der Waals surface area contributed by atoms with Crippen LogP contribution in [0.1, 0.15) is 32.6 Å². The summed E-state index contributed by atoms with van der Waals surface area (Å²) in [6.07, 6.45) is 2.20. The molecule has 5 nitrogen and oxygen atoms in total. The van der Waals surface area contributed by atoms with E-state index in [1.165, 1.54) is 0 Å². The number of benzene rings is 1. The predicted octanol–water partition coefficient (Wildman–Crippen LogP) is 3.48. The van der Waals surface area contributed by atoms with E-state index in [-0.39, 0.29) is 11.8 Å². The first kappa shape index (κ1) is 16.5. The fourth-order valence-corrected chi connectivity index (χ4v) is 2.43. The number of aromatic nitrogens is 2. The van der Waals surface area contributed by atoms with Gasteiger partial charge in [0.25, 0.3) is 0 Å². The average Bonchev–Trinajstić information content (AvgIpc) is 2.97. The van der Waals surface area contributed by atoms with Gasteiger partial charge in [-0.1, -0.05) is 42.7 Å². The zero-order valence-electron chi connectivity index (χ0n) is 12.8. The third-order valence-corrected chi connectivity index (χ3v) is 3.91. The molecule has 118 valence electrons. The van der Waals surface area contributed by atoms with E-state index >= 15 is 0 Å². The number of rotatable bonds is 7. The molecule has 0 atom stereocenters. The summed E-state index contributed by atoms with van der Waals surface area (Å²) >= 11 is 6.10. The molecule has 2 aromatic rings. The first-order valence-electron chi connectivity index (χ1n) is 7.50. The van der Waals surface area contributed by atoms with E-state index in [1.54, 1.807) is 6.07 Å². The molecule has 0 radical (unpaired) electrons. The summed E-state index contributed by atoms with van der Waals surface area (Å²) in [6, 6.07) is 7.34. The lowest BCUT2D eigenvalue weighted by molar-refractivity contribution is -0.125. The number of carbonyl (C=O) groups is 1. The van der Waals surface area contributed by atoms with Crippen LogP contribution in [-0.2, 0) is 11.2 Å². The van der Waals surface area contributed by atoms with Gasteiger partial charge in [0, 0.05) is 24.4 Å². The van der Waals surface area contributed by atoms with Gasteiger partial charge in [0.2, 0.25) is 17.6 Å². The molecule has 0 aliphatic rings. The summed E-state index contributed by atoms with van der Waals surface area (Å²) < 4.78 is 5.20. The Labute approximate surface area is 135 Å². The summed E-state index contributed by atoms with van der Waals surface area (Å²) in [6.45, 7) is 4.52. The van der Waals surface area contributed by atoms with Crippen molar-refractivity contribution >= 4 is 17.5 Å². The van der Waals surface area contributed by atoms with E-state index in [4.69, 9.17) is 16.1 Å². The maximum atomic E-state index is 11.9. The number of hydrogen-bond acceptors (Lipinski definition) is 4. The van der Waals surface area contributed by atoms with Gasteiger partial charge in [0.15, 0.2) is 0 Å². The number of nitrogens with zero attached hydrogens (tertiary/aromatic N) is 2. The molecule has 1 aromatic carbocycles. The van der Waals surface area contributed by atoms with Gasteiger partial charge in [-0.15, -0.1) is 0 Å². The molecule has 0 unspecified atom stereocenters. The maximum absolute atomic E-state index is 11.9. The van der Waals surface area contributed by atoms with E-state index in [9.17, 15) is 4.79 Å². The number of carbonyl (C=O) groups excluding carboxylic acids is 1. The maximum Gasteiger partial charge on any atom is 0.228 e. The van der Waals surface area contributed by atoms with E-state index in [2.05, 4.69) is 15.5 Å². The summed E-state index contributed by atoms with van der Waals surface area (Å²) in [5.41, 5.74) is 0.736. The van der Waals surface area contributed by atoms with Crippen molar-refractivity contribution in [3.05, 3.63) is 35.2 Å². The molecule has 0 spiro atoms. The minimum absolute atomic E-state index is 0.0707. The molecule has 22 heavy (non-hydrogen) atoms. The van der Waals surface area contributed by atoms with Gasteiger partial charge < -0.3 is 9.84 Å². The standard InChI is InChI=1S/C16H20ClN3O2/c1-3-11(4-2)16(21)18-10-9-14-19-15(20-22-14)12-7-5-6-8-13(12)17/h5-8,11H,3-4,9-10H2,1-2H3,(H,18,21). The van der Waals surface area contributed by atoms with Crippen LogP contribution in [0, 0.1) is 5.92 Å². The van der Waals surface area contributed by atoms with Crippen molar-refractivity contribution in [2.75, 3.05) is 6.54 Å². The van der Waals surface area contributed by atoms with Crippen molar-refractivity contribution in [3.8, 4) is 11.4 Å². The summed E-state index contributed by atoms with van der Waals surface area (Å²) in [5.74, 6) is 1.10. The largest absolute Gasteiger partial charge is 0.355 e. The highest BCUT2D eigenvalue weighted by Gasteiger charge is 2.14. The lowest BCUT2D eigenvalue weighted by atomic mass is 10.0. The third kappa shape index (κ3) is 4.07. The van der Waals surface area contributed by atoms with Crippen LogP contribution in [0.3, 0.4) is 0 Å². The SMILES string of the molecule is CCC(CC)C(=O)NCCc1nc(-c2ccccc2Cl)no1. The number of nitrogens with one attached hydrogen (secondary N) is 1. The van der Waals surface area contributed by atoms with Crippen LogP contribution >= 0.6 is 11.6 Å². The number of hydrogen-bond donors (Lipinski definition) is 1. The van der Waals surface area contributed by atoms with Crippen LogP contribution in [0.5, 0.6) is 0 Å². The Morgan fingerprint density at radius 2 is 2.05 bits per heavy atom. The van der Waals surface area contributed by atoms with Crippen LogP contribution in [-0.4, -0.2) is 22.6 Å². The van der Waals surface area contributed by atoms with Gasteiger partial charge >= 0.3 is 0 Å². The summed E-state index contributed by atoms with van der Waals surface area (Å²) in [4.78, 5) is 16.2. The quantitative estimate of drug-likeness (QED) is 0.847. The fraction of sp³-hybridized carbons (Fsp3) is 0.438. The molecule has 6 heteroatoms. The van der Waals surface area contributed by atoms with Crippen LogP contribution in [0.15, 0.2) is 28.8 Å². The normalized spacial score (nSPS) is 10.9. The molecule has 0 aliphatic heterocycles. The van der Waals surface area contributed by atoms with Gasteiger partial charge in [-0.2, -0.15) is 4.98 Å². The first-order chi connectivity index (χ1) is 10.7. The van der Waals surface area contributed by atoms with Crippen molar-refractivity contribution in [3.63, 3.8) is 0 Å². The molecule has 1 heterocycles. The fourth-order valence-electron chi connectivity index (χ4n) is 2.20. The topological polar surface area (TPSA) is 68.0 Å².